The lowest BCUT2D eigenvalue weighted by Gasteiger charge is -2.08. The Hall–Kier alpha value is -2.13. The zero-order valence-electron chi connectivity index (χ0n) is 11.4. The van der Waals surface area contributed by atoms with E-state index in [1.165, 1.54) is 18.2 Å². The van der Waals surface area contributed by atoms with Crippen molar-refractivity contribution in [2.75, 3.05) is 24.7 Å². The Morgan fingerprint density at radius 3 is 2.57 bits per heavy atom. The summed E-state index contributed by atoms with van der Waals surface area (Å²) in [6.07, 6.45) is 1.50. The first-order valence-electron chi connectivity index (χ1n) is 6.11. The first-order valence-corrected chi connectivity index (χ1v) is 8.00. The van der Waals surface area contributed by atoms with Crippen LogP contribution in [-0.2, 0) is 10.0 Å². The molecule has 2 amide bonds. The van der Waals surface area contributed by atoms with Crippen molar-refractivity contribution in [3.05, 3.63) is 29.8 Å². The molecule has 1 aromatic carbocycles. The molecule has 0 bridgehead atoms. The highest BCUT2D eigenvalue weighted by Crippen LogP contribution is 2.10. The SMILES string of the molecule is CS(=O)(=O)NCCCNC(=O)Nc1cccc(C(=O)O)c1. The molecule has 0 saturated carbocycles. The van der Waals surface area contributed by atoms with Crippen molar-refractivity contribution in [2.45, 2.75) is 6.42 Å². The number of sulfonamides is 1. The van der Waals surface area contributed by atoms with E-state index in [9.17, 15) is 18.0 Å². The maximum atomic E-state index is 11.5. The quantitative estimate of drug-likeness (QED) is 0.544. The van der Waals surface area contributed by atoms with Crippen LogP contribution in [0.15, 0.2) is 24.3 Å². The van der Waals surface area contributed by atoms with Gasteiger partial charge in [0, 0.05) is 18.8 Å². The van der Waals surface area contributed by atoms with Gasteiger partial charge in [0.25, 0.3) is 0 Å². The van der Waals surface area contributed by atoms with Gasteiger partial charge < -0.3 is 15.7 Å². The molecule has 8 nitrogen and oxygen atoms in total. The highest BCUT2D eigenvalue weighted by Gasteiger charge is 2.06. The van der Waals surface area contributed by atoms with E-state index < -0.39 is 22.0 Å². The van der Waals surface area contributed by atoms with Crippen molar-refractivity contribution >= 4 is 27.7 Å². The Morgan fingerprint density at radius 2 is 1.95 bits per heavy atom. The van der Waals surface area contributed by atoms with E-state index in [1.54, 1.807) is 6.07 Å². The molecular formula is C12H17N3O5S. The molecule has 0 fully saturated rings. The predicted octanol–water partition coefficient (Wildman–Crippen LogP) is 0.446. The minimum absolute atomic E-state index is 0.0742. The van der Waals surface area contributed by atoms with Gasteiger partial charge in [-0.3, -0.25) is 0 Å². The first kappa shape index (κ1) is 16.9. The molecule has 0 saturated heterocycles. The summed E-state index contributed by atoms with van der Waals surface area (Å²) in [7, 11) is -3.22. The molecule has 0 heterocycles. The molecule has 0 aliphatic heterocycles. The van der Waals surface area contributed by atoms with Crippen molar-refractivity contribution < 1.29 is 23.1 Å². The van der Waals surface area contributed by atoms with Crippen LogP contribution in [0.1, 0.15) is 16.8 Å². The van der Waals surface area contributed by atoms with Crippen LogP contribution in [0.4, 0.5) is 10.5 Å². The standard InChI is InChI=1S/C12H17N3O5S/c1-21(19,20)14-7-3-6-13-12(18)15-10-5-2-4-9(8-10)11(16)17/h2,4-5,8,14H,3,6-7H2,1H3,(H,16,17)(H2,13,15,18). The minimum Gasteiger partial charge on any atom is -0.478 e. The van der Waals surface area contributed by atoms with Gasteiger partial charge >= 0.3 is 12.0 Å². The van der Waals surface area contributed by atoms with Crippen LogP contribution in [-0.4, -0.2) is 44.9 Å². The van der Waals surface area contributed by atoms with E-state index in [-0.39, 0.29) is 18.7 Å². The topological polar surface area (TPSA) is 125 Å². The maximum Gasteiger partial charge on any atom is 0.335 e. The molecule has 1 rings (SSSR count). The molecule has 0 aliphatic rings. The van der Waals surface area contributed by atoms with Crippen LogP contribution in [0, 0.1) is 0 Å². The van der Waals surface area contributed by atoms with Crippen molar-refractivity contribution in [2.24, 2.45) is 0 Å². The van der Waals surface area contributed by atoms with Crippen LogP contribution < -0.4 is 15.4 Å². The molecule has 9 heteroatoms. The molecule has 0 aromatic heterocycles. The van der Waals surface area contributed by atoms with Crippen molar-refractivity contribution in [1.29, 1.82) is 0 Å². The second-order valence-electron chi connectivity index (χ2n) is 4.29. The molecule has 21 heavy (non-hydrogen) atoms. The zero-order chi connectivity index (χ0) is 15.9. The summed E-state index contributed by atoms with van der Waals surface area (Å²) in [5.41, 5.74) is 0.437. The fourth-order valence-electron chi connectivity index (χ4n) is 1.45. The number of carbonyl (C=O) groups excluding carboxylic acids is 1. The molecule has 0 unspecified atom stereocenters. The monoisotopic (exact) mass is 315 g/mol. The number of aromatic carboxylic acids is 1. The van der Waals surface area contributed by atoms with Gasteiger partial charge in [-0.15, -0.1) is 0 Å². The second-order valence-corrected chi connectivity index (χ2v) is 6.12. The van der Waals surface area contributed by atoms with Crippen LogP contribution in [0.5, 0.6) is 0 Å². The lowest BCUT2D eigenvalue weighted by molar-refractivity contribution is 0.0697. The highest BCUT2D eigenvalue weighted by molar-refractivity contribution is 7.88. The van der Waals surface area contributed by atoms with Gasteiger partial charge in [-0.1, -0.05) is 6.07 Å². The smallest absolute Gasteiger partial charge is 0.335 e. The van der Waals surface area contributed by atoms with Crippen molar-refractivity contribution in [3.8, 4) is 0 Å². The molecule has 0 aliphatic carbocycles. The predicted molar refractivity (Wildman–Crippen MR) is 77.9 cm³/mol. The Labute approximate surface area is 122 Å². The van der Waals surface area contributed by atoms with Gasteiger partial charge in [0.1, 0.15) is 0 Å². The van der Waals surface area contributed by atoms with Crippen LogP contribution >= 0.6 is 0 Å². The summed E-state index contributed by atoms with van der Waals surface area (Å²) in [5, 5.41) is 13.9. The number of hydrogen-bond donors (Lipinski definition) is 4. The largest absolute Gasteiger partial charge is 0.478 e. The summed E-state index contributed by atoms with van der Waals surface area (Å²) in [5.74, 6) is -1.08. The number of benzene rings is 1. The molecule has 4 N–H and O–H groups in total. The summed E-state index contributed by atoms with van der Waals surface area (Å²) in [6.45, 7) is 0.514. The van der Waals surface area contributed by atoms with Crippen molar-refractivity contribution in [3.63, 3.8) is 0 Å². The fourth-order valence-corrected chi connectivity index (χ4v) is 1.97. The minimum atomic E-state index is -3.22. The van der Waals surface area contributed by atoms with E-state index in [0.717, 1.165) is 6.26 Å². The highest BCUT2D eigenvalue weighted by atomic mass is 32.2. The number of anilines is 1. The lowest BCUT2D eigenvalue weighted by atomic mass is 10.2. The van der Waals surface area contributed by atoms with Gasteiger partial charge in [-0.2, -0.15) is 0 Å². The summed E-state index contributed by atoms with van der Waals surface area (Å²) >= 11 is 0. The third-order valence-electron chi connectivity index (χ3n) is 2.37. The van der Waals surface area contributed by atoms with E-state index in [0.29, 0.717) is 12.1 Å². The Bertz CT molecular complexity index is 615. The summed E-state index contributed by atoms with van der Waals surface area (Å²) in [4.78, 5) is 22.3. The molecule has 0 spiro atoms. The molecular weight excluding hydrogens is 298 g/mol. The number of amides is 2. The third kappa shape index (κ3) is 7.28. The van der Waals surface area contributed by atoms with Crippen LogP contribution in [0.25, 0.3) is 0 Å². The summed E-state index contributed by atoms with van der Waals surface area (Å²) < 4.78 is 23.9. The lowest BCUT2D eigenvalue weighted by Crippen LogP contribution is -2.32. The van der Waals surface area contributed by atoms with Gasteiger partial charge in [0.2, 0.25) is 10.0 Å². The van der Waals surface area contributed by atoms with Crippen molar-refractivity contribution in [1.82, 2.24) is 10.0 Å². The fraction of sp³-hybridized carbons (Fsp3) is 0.333. The zero-order valence-corrected chi connectivity index (χ0v) is 12.2. The number of nitrogens with one attached hydrogen (secondary N) is 3. The third-order valence-corrected chi connectivity index (χ3v) is 3.10. The number of urea groups is 1. The van der Waals surface area contributed by atoms with Crippen LogP contribution in [0.2, 0.25) is 0 Å². The number of hydrogen-bond acceptors (Lipinski definition) is 4. The van der Waals surface area contributed by atoms with Gasteiger partial charge in [0.15, 0.2) is 0 Å². The normalized spacial score (nSPS) is 10.9. The summed E-state index contributed by atoms with van der Waals surface area (Å²) in [6, 6.07) is 5.36. The number of carboxylic acids is 1. The Balaban J connectivity index is 2.34. The molecule has 0 radical (unpaired) electrons. The second kappa shape index (κ2) is 7.60. The van der Waals surface area contributed by atoms with Gasteiger partial charge in [-0.05, 0) is 24.6 Å². The average molecular weight is 315 g/mol. The number of rotatable bonds is 7. The van der Waals surface area contributed by atoms with Gasteiger partial charge in [0.05, 0.1) is 11.8 Å². The van der Waals surface area contributed by atoms with Crippen LogP contribution in [0.3, 0.4) is 0 Å². The van der Waals surface area contributed by atoms with E-state index in [1.807, 2.05) is 0 Å². The molecule has 0 atom stereocenters. The Morgan fingerprint density at radius 1 is 1.24 bits per heavy atom. The van der Waals surface area contributed by atoms with E-state index in [4.69, 9.17) is 5.11 Å². The van der Waals surface area contributed by atoms with E-state index in [2.05, 4.69) is 15.4 Å². The number of carbonyl (C=O) groups is 2. The first-order chi connectivity index (χ1) is 9.78. The maximum absolute atomic E-state index is 11.5. The molecule has 1 aromatic rings. The Kier molecular flexibility index (Phi) is 6.12. The van der Waals surface area contributed by atoms with Gasteiger partial charge in [-0.25, -0.2) is 22.7 Å². The molecule has 116 valence electrons. The number of carboxylic acid groups (broad SMARTS) is 1. The average Bonchev–Trinajstić information content (AvgIpc) is 2.37. The van der Waals surface area contributed by atoms with E-state index >= 15 is 0 Å².